The van der Waals surface area contributed by atoms with Gasteiger partial charge in [0.05, 0.1) is 25.7 Å². The second-order valence-electron chi connectivity index (χ2n) is 4.03. The predicted molar refractivity (Wildman–Crippen MR) is 45.7 cm³/mol. The van der Waals surface area contributed by atoms with Gasteiger partial charge in [-0.05, 0) is 31.6 Å². The number of hydrogen-bond acceptors (Lipinski definition) is 0. The Morgan fingerprint density at radius 3 is 1.90 bits per heavy atom. The maximum atomic E-state index is 2.38. The normalized spacial score (nSPS) is 33.9. The van der Waals surface area contributed by atoms with Gasteiger partial charge in [-0.15, -0.1) is 0 Å². The highest BCUT2D eigenvalue weighted by molar-refractivity contribution is 4.89. The van der Waals surface area contributed by atoms with E-state index in [2.05, 4.69) is 20.8 Å². The van der Waals surface area contributed by atoms with Gasteiger partial charge >= 0.3 is 0 Å². The zero-order chi connectivity index (χ0) is 7.56. The summed E-state index contributed by atoms with van der Waals surface area (Å²) < 4.78 is 0. The highest BCUT2D eigenvalue weighted by atomic mass is 14.3. The summed E-state index contributed by atoms with van der Waals surface area (Å²) >= 11 is 0. The van der Waals surface area contributed by atoms with Crippen molar-refractivity contribution in [1.29, 1.82) is 0 Å². The Labute approximate surface area is 65.0 Å². The summed E-state index contributed by atoms with van der Waals surface area (Å²) in [5.74, 6) is 3.60. The predicted octanol–water partition coefficient (Wildman–Crippen LogP) is 3.43. The Morgan fingerprint density at radius 2 is 1.50 bits per heavy atom. The third kappa shape index (κ3) is 1.93. The molecule has 1 aliphatic rings. The lowest BCUT2D eigenvalue weighted by molar-refractivity contribution is 0.300. The Morgan fingerprint density at radius 1 is 1.00 bits per heavy atom. The van der Waals surface area contributed by atoms with Crippen molar-refractivity contribution < 1.29 is 0 Å². The number of hydrogen-bond donors (Lipinski definition) is 0. The Hall–Kier alpha value is -0.130. The van der Waals surface area contributed by atoms with Crippen LogP contribution in [-0.2, 0) is 0 Å². The summed E-state index contributed by atoms with van der Waals surface area (Å²) in [6.07, 6.45) is 5.80. The van der Waals surface area contributed by atoms with E-state index in [1.54, 1.807) is 5.92 Å². The Kier molecular flexibility index (Phi) is 2.64. The maximum Gasteiger partial charge on any atom is 0.0996 e. The zero-order valence-corrected chi connectivity index (χ0v) is 7.48. The van der Waals surface area contributed by atoms with Crippen LogP contribution >= 0.6 is 0 Å². The van der Waals surface area contributed by atoms with Crippen LogP contribution in [0.4, 0.5) is 0 Å². The lowest BCUT2D eigenvalue weighted by atomic mass is 9.78. The van der Waals surface area contributed by atoms with E-state index in [4.69, 9.17) is 0 Å². The quantitative estimate of drug-likeness (QED) is 0.488. The van der Waals surface area contributed by atoms with Crippen LogP contribution in [0.3, 0.4) is 0 Å². The summed E-state index contributed by atoms with van der Waals surface area (Å²) in [5.41, 5.74) is 0. The topological polar surface area (TPSA) is 0 Å². The standard InChI is InChI=1S/C10H19/c1-8(2)10-6-4-9(3)5-7-10/h9-10H,4-7H2,1-3H3/q+1. The molecular weight excluding hydrogens is 120 g/mol. The van der Waals surface area contributed by atoms with Crippen LogP contribution in [0.2, 0.25) is 0 Å². The third-order valence-corrected chi connectivity index (χ3v) is 2.83. The second-order valence-corrected chi connectivity index (χ2v) is 4.03. The van der Waals surface area contributed by atoms with Gasteiger partial charge in [-0.1, -0.05) is 6.92 Å². The first-order valence-electron chi connectivity index (χ1n) is 4.50. The van der Waals surface area contributed by atoms with Crippen molar-refractivity contribution in [3.63, 3.8) is 0 Å². The molecule has 0 aromatic rings. The fourth-order valence-electron chi connectivity index (χ4n) is 1.84. The summed E-state index contributed by atoms with van der Waals surface area (Å²) in [4.78, 5) is 0. The molecule has 0 nitrogen and oxygen atoms in total. The fourth-order valence-corrected chi connectivity index (χ4v) is 1.84. The van der Waals surface area contributed by atoms with Crippen LogP contribution in [0.25, 0.3) is 0 Å². The maximum absolute atomic E-state index is 2.38. The minimum atomic E-state index is 0.955. The van der Waals surface area contributed by atoms with Crippen molar-refractivity contribution in [2.45, 2.75) is 46.5 Å². The Balaban J connectivity index is 2.26. The lowest BCUT2D eigenvalue weighted by Crippen LogP contribution is -2.15. The summed E-state index contributed by atoms with van der Waals surface area (Å²) in [7, 11) is 0. The molecule has 0 aromatic carbocycles. The molecular formula is C10H19+. The molecule has 58 valence electrons. The van der Waals surface area contributed by atoms with E-state index >= 15 is 0 Å². The van der Waals surface area contributed by atoms with Gasteiger partial charge in [-0.3, -0.25) is 0 Å². The van der Waals surface area contributed by atoms with E-state index < -0.39 is 0 Å². The van der Waals surface area contributed by atoms with Crippen molar-refractivity contribution in [3.8, 4) is 0 Å². The molecule has 1 aliphatic carbocycles. The van der Waals surface area contributed by atoms with Gasteiger partial charge < -0.3 is 0 Å². The van der Waals surface area contributed by atoms with Crippen LogP contribution in [0.5, 0.6) is 0 Å². The minimum Gasteiger partial charge on any atom is -0.0625 e. The van der Waals surface area contributed by atoms with Crippen molar-refractivity contribution in [2.24, 2.45) is 11.8 Å². The lowest BCUT2D eigenvalue weighted by Gasteiger charge is -2.22. The fraction of sp³-hybridized carbons (Fsp3) is 0.900. The highest BCUT2D eigenvalue weighted by Gasteiger charge is 2.27. The molecule has 0 saturated heterocycles. The zero-order valence-electron chi connectivity index (χ0n) is 7.48. The summed E-state index contributed by atoms with van der Waals surface area (Å²) in [6.45, 7) is 6.93. The van der Waals surface area contributed by atoms with Crippen molar-refractivity contribution in [3.05, 3.63) is 5.92 Å². The molecule has 1 saturated carbocycles. The molecule has 0 atom stereocenters. The van der Waals surface area contributed by atoms with E-state index in [0.717, 1.165) is 11.8 Å². The molecule has 0 heteroatoms. The third-order valence-electron chi connectivity index (χ3n) is 2.83. The number of rotatable bonds is 1. The van der Waals surface area contributed by atoms with Gasteiger partial charge in [0.15, 0.2) is 0 Å². The second kappa shape index (κ2) is 3.32. The molecule has 10 heavy (non-hydrogen) atoms. The van der Waals surface area contributed by atoms with Crippen LogP contribution in [0.15, 0.2) is 0 Å². The van der Waals surface area contributed by atoms with Gasteiger partial charge in [0.1, 0.15) is 0 Å². The molecule has 0 unspecified atom stereocenters. The van der Waals surface area contributed by atoms with Crippen molar-refractivity contribution in [1.82, 2.24) is 0 Å². The molecule has 0 spiro atoms. The first-order chi connectivity index (χ1) is 4.70. The van der Waals surface area contributed by atoms with Crippen LogP contribution < -0.4 is 0 Å². The van der Waals surface area contributed by atoms with E-state index in [0.29, 0.717) is 0 Å². The van der Waals surface area contributed by atoms with Crippen LogP contribution in [-0.4, -0.2) is 0 Å². The van der Waals surface area contributed by atoms with E-state index in [-0.39, 0.29) is 0 Å². The van der Waals surface area contributed by atoms with Crippen LogP contribution in [0, 0.1) is 17.8 Å². The van der Waals surface area contributed by atoms with E-state index in [9.17, 15) is 0 Å². The first kappa shape index (κ1) is 7.97. The van der Waals surface area contributed by atoms with E-state index in [1.807, 2.05) is 0 Å². The van der Waals surface area contributed by atoms with Gasteiger partial charge in [0.25, 0.3) is 0 Å². The average Bonchev–Trinajstić information content (AvgIpc) is 1.88. The average molecular weight is 139 g/mol. The molecule has 0 heterocycles. The highest BCUT2D eigenvalue weighted by Crippen LogP contribution is 2.33. The molecule has 0 radical (unpaired) electrons. The van der Waals surface area contributed by atoms with Gasteiger partial charge in [0.2, 0.25) is 0 Å². The summed E-state index contributed by atoms with van der Waals surface area (Å²) in [6, 6.07) is 0. The molecule has 0 amide bonds. The molecule has 0 bridgehead atoms. The molecule has 1 rings (SSSR count). The van der Waals surface area contributed by atoms with Crippen molar-refractivity contribution in [2.75, 3.05) is 0 Å². The molecule has 0 aromatic heterocycles. The summed E-state index contributed by atoms with van der Waals surface area (Å²) in [5, 5.41) is 0. The largest absolute Gasteiger partial charge is 0.0996 e. The van der Waals surface area contributed by atoms with Crippen LogP contribution in [0.1, 0.15) is 46.5 Å². The van der Waals surface area contributed by atoms with Crippen molar-refractivity contribution >= 4 is 0 Å². The SMILES string of the molecule is C[C+](C)C1CCC(C)CC1. The first-order valence-corrected chi connectivity index (χ1v) is 4.50. The smallest absolute Gasteiger partial charge is 0.0625 e. The molecule has 0 N–H and O–H groups in total. The Bertz CT molecular complexity index is 86.2. The molecule has 0 aliphatic heterocycles. The van der Waals surface area contributed by atoms with Gasteiger partial charge in [-0.2, -0.15) is 0 Å². The van der Waals surface area contributed by atoms with Gasteiger partial charge in [-0.25, -0.2) is 0 Å². The van der Waals surface area contributed by atoms with Gasteiger partial charge in [0, 0.05) is 0 Å². The van der Waals surface area contributed by atoms with E-state index in [1.165, 1.54) is 25.7 Å². The molecule has 1 fully saturated rings. The monoisotopic (exact) mass is 139 g/mol. The minimum absolute atomic E-state index is 0.955.